The van der Waals surface area contributed by atoms with Crippen LogP contribution in [0.3, 0.4) is 0 Å². The summed E-state index contributed by atoms with van der Waals surface area (Å²) in [5.74, 6) is 0.785. The van der Waals surface area contributed by atoms with E-state index < -0.39 is 0 Å². The monoisotopic (exact) mass is 299 g/mol. The first-order chi connectivity index (χ1) is 10.3. The van der Waals surface area contributed by atoms with Crippen LogP contribution in [0, 0.1) is 12.8 Å². The zero-order valence-electron chi connectivity index (χ0n) is 13.1. The zero-order valence-corrected chi connectivity index (χ0v) is 13.9. The molecular formula is C19H25NS. The van der Waals surface area contributed by atoms with Gasteiger partial charge in [-0.15, -0.1) is 11.3 Å². The number of benzene rings is 1. The molecule has 1 N–H and O–H groups in total. The van der Waals surface area contributed by atoms with Gasteiger partial charge in [0.15, 0.2) is 0 Å². The highest BCUT2D eigenvalue weighted by molar-refractivity contribution is 7.10. The molecule has 112 valence electrons. The van der Waals surface area contributed by atoms with Gasteiger partial charge in [-0.2, -0.15) is 0 Å². The Labute approximate surface area is 132 Å². The molecule has 21 heavy (non-hydrogen) atoms. The number of rotatable bonds is 5. The Hall–Kier alpha value is -1.28. The van der Waals surface area contributed by atoms with E-state index in [1.807, 2.05) is 11.3 Å². The number of anilines is 1. The highest BCUT2D eigenvalue weighted by Crippen LogP contribution is 2.40. The van der Waals surface area contributed by atoms with Gasteiger partial charge in [0.25, 0.3) is 0 Å². The molecular weight excluding hydrogens is 274 g/mol. The first kappa shape index (κ1) is 14.6. The summed E-state index contributed by atoms with van der Waals surface area (Å²) in [7, 11) is 0. The van der Waals surface area contributed by atoms with Gasteiger partial charge in [-0.25, -0.2) is 0 Å². The molecule has 2 heteroatoms. The summed E-state index contributed by atoms with van der Waals surface area (Å²) in [4.78, 5) is 1.49. The van der Waals surface area contributed by atoms with Crippen molar-refractivity contribution in [3.05, 3.63) is 51.7 Å². The molecule has 0 spiro atoms. The van der Waals surface area contributed by atoms with Crippen LogP contribution >= 0.6 is 11.3 Å². The van der Waals surface area contributed by atoms with E-state index >= 15 is 0 Å². The van der Waals surface area contributed by atoms with Gasteiger partial charge < -0.3 is 5.32 Å². The van der Waals surface area contributed by atoms with Crippen LogP contribution in [0.5, 0.6) is 0 Å². The molecule has 1 aliphatic carbocycles. The Bertz CT molecular complexity index is 567. The predicted molar refractivity (Wildman–Crippen MR) is 93.2 cm³/mol. The van der Waals surface area contributed by atoms with Gasteiger partial charge in [-0.05, 0) is 54.7 Å². The van der Waals surface area contributed by atoms with Crippen LogP contribution in [-0.2, 0) is 6.42 Å². The van der Waals surface area contributed by atoms with Crippen molar-refractivity contribution in [1.82, 2.24) is 0 Å². The molecule has 1 aromatic heterocycles. The van der Waals surface area contributed by atoms with Crippen LogP contribution in [0.1, 0.15) is 54.7 Å². The molecule has 0 saturated heterocycles. The van der Waals surface area contributed by atoms with E-state index in [9.17, 15) is 0 Å². The minimum atomic E-state index is 0.485. The molecule has 1 unspecified atom stereocenters. The number of thiophene rings is 1. The van der Waals surface area contributed by atoms with Crippen LogP contribution in [0.4, 0.5) is 5.69 Å². The van der Waals surface area contributed by atoms with Crippen LogP contribution in [-0.4, -0.2) is 0 Å². The average Bonchev–Trinajstić information content (AvgIpc) is 3.19. The largest absolute Gasteiger partial charge is 0.377 e. The quantitative estimate of drug-likeness (QED) is 0.718. The Morgan fingerprint density at radius 2 is 2.00 bits per heavy atom. The minimum Gasteiger partial charge on any atom is -0.377 e. The number of aryl methyl sites for hydroxylation is 2. The number of para-hydroxylation sites is 1. The SMILES string of the molecule is CCc1cccc(C)c1NC(c1cccs1)C1CCCC1. The van der Waals surface area contributed by atoms with Crippen LogP contribution < -0.4 is 5.32 Å². The second-order valence-corrected chi connectivity index (χ2v) is 7.12. The molecule has 1 aromatic carbocycles. The van der Waals surface area contributed by atoms with E-state index in [-0.39, 0.29) is 0 Å². The molecule has 1 saturated carbocycles. The van der Waals surface area contributed by atoms with E-state index in [1.165, 1.54) is 47.4 Å². The number of hydrogen-bond acceptors (Lipinski definition) is 2. The predicted octanol–water partition coefficient (Wildman–Crippen LogP) is 5.96. The van der Waals surface area contributed by atoms with E-state index in [0.29, 0.717) is 6.04 Å². The van der Waals surface area contributed by atoms with E-state index in [0.717, 1.165) is 12.3 Å². The molecule has 1 aliphatic rings. The topological polar surface area (TPSA) is 12.0 Å². The van der Waals surface area contributed by atoms with Gasteiger partial charge >= 0.3 is 0 Å². The molecule has 0 aliphatic heterocycles. The fourth-order valence-electron chi connectivity index (χ4n) is 3.57. The minimum absolute atomic E-state index is 0.485. The molecule has 3 rings (SSSR count). The number of nitrogens with one attached hydrogen (secondary N) is 1. The van der Waals surface area contributed by atoms with Crippen molar-refractivity contribution < 1.29 is 0 Å². The normalized spacial score (nSPS) is 17.0. The first-order valence-electron chi connectivity index (χ1n) is 8.18. The van der Waals surface area contributed by atoms with E-state index in [1.54, 1.807) is 0 Å². The Balaban J connectivity index is 1.91. The van der Waals surface area contributed by atoms with Crippen molar-refractivity contribution >= 4 is 17.0 Å². The first-order valence-corrected chi connectivity index (χ1v) is 9.06. The van der Waals surface area contributed by atoms with Crippen molar-refractivity contribution in [2.24, 2.45) is 5.92 Å². The van der Waals surface area contributed by atoms with Crippen molar-refractivity contribution in [1.29, 1.82) is 0 Å². The molecule has 0 amide bonds. The van der Waals surface area contributed by atoms with Gasteiger partial charge in [0, 0.05) is 10.6 Å². The van der Waals surface area contributed by atoms with Crippen molar-refractivity contribution in [2.45, 2.75) is 52.0 Å². The third-order valence-electron chi connectivity index (χ3n) is 4.76. The van der Waals surface area contributed by atoms with Gasteiger partial charge in [0.2, 0.25) is 0 Å². The van der Waals surface area contributed by atoms with Crippen LogP contribution in [0.15, 0.2) is 35.7 Å². The maximum absolute atomic E-state index is 3.92. The molecule has 0 bridgehead atoms. The summed E-state index contributed by atoms with van der Waals surface area (Å²) >= 11 is 1.89. The third-order valence-corrected chi connectivity index (χ3v) is 5.72. The summed E-state index contributed by atoms with van der Waals surface area (Å²) < 4.78 is 0. The lowest BCUT2D eigenvalue weighted by Gasteiger charge is -2.27. The Morgan fingerprint density at radius 1 is 1.19 bits per heavy atom. The maximum Gasteiger partial charge on any atom is 0.0634 e. The van der Waals surface area contributed by atoms with E-state index in [2.05, 4.69) is 54.9 Å². The standard InChI is InChI=1S/C19H25NS/c1-3-15-11-6-8-14(2)18(15)20-19(16-9-4-5-10-16)17-12-7-13-21-17/h6-8,11-13,16,19-20H,3-5,9-10H2,1-2H3. The second kappa shape index (κ2) is 6.65. The highest BCUT2D eigenvalue weighted by Gasteiger charge is 2.27. The van der Waals surface area contributed by atoms with Crippen molar-refractivity contribution in [3.8, 4) is 0 Å². The summed E-state index contributed by atoms with van der Waals surface area (Å²) in [5, 5.41) is 6.13. The average molecular weight is 299 g/mol. The molecule has 1 nitrogen and oxygen atoms in total. The fourth-order valence-corrected chi connectivity index (χ4v) is 4.43. The lowest BCUT2D eigenvalue weighted by atomic mass is 9.95. The summed E-state index contributed by atoms with van der Waals surface area (Å²) in [6, 6.07) is 11.6. The van der Waals surface area contributed by atoms with Gasteiger partial charge in [-0.1, -0.05) is 44.0 Å². The highest BCUT2D eigenvalue weighted by atomic mass is 32.1. The summed E-state index contributed by atoms with van der Waals surface area (Å²) in [6.45, 7) is 4.47. The Kier molecular flexibility index (Phi) is 4.64. The maximum atomic E-state index is 3.92. The lowest BCUT2D eigenvalue weighted by molar-refractivity contribution is 0.475. The van der Waals surface area contributed by atoms with E-state index in [4.69, 9.17) is 0 Å². The summed E-state index contributed by atoms with van der Waals surface area (Å²) in [5.41, 5.74) is 4.17. The van der Waals surface area contributed by atoms with Crippen LogP contribution in [0.25, 0.3) is 0 Å². The van der Waals surface area contributed by atoms with Crippen LogP contribution in [0.2, 0.25) is 0 Å². The van der Waals surface area contributed by atoms with Gasteiger partial charge in [0.05, 0.1) is 6.04 Å². The van der Waals surface area contributed by atoms with Gasteiger partial charge in [-0.3, -0.25) is 0 Å². The molecule has 1 heterocycles. The molecule has 1 atom stereocenters. The number of hydrogen-bond donors (Lipinski definition) is 1. The Morgan fingerprint density at radius 3 is 2.67 bits per heavy atom. The van der Waals surface area contributed by atoms with Gasteiger partial charge in [0.1, 0.15) is 0 Å². The summed E-state index contributed by atoms with van der Waals surface area (Å²) in [6.07, 6.45) is 6.60. The zero-order chi connectivity index (χ0) is 14.7. The van der Waals surface area contributed by atoms with Crippen molar-refractivity contribution in [2.75, 3.05) is 5.32 Å². The molecule has 2 aromatic rings. The molecule has 0 radical (unpaired) electrons. The third kappa shape index (κ3) is 3.16. The fraction of sp³-hybridized carbons (Fsp3) is 0.474. The smallest absolute Gasteiger partial charge is 0.0634 e. The molecule has 1 fully saturated rings. The van der Waals surface area contributed by atoms with Crippen molar-refractivity contribution in [3.63, 3.8) is 0 Å². The lowest BCUT2D eigenvalue weighted by Crippen LogP contribution is -2.19. The second-order valence-electron chi connectivity index (χ2n) is 6.14.